The molecule has 0 aliphatic rings. The van der Waals surface area contributed by atoms with E-state index < -0.39 is 10.0 Å². The molecule has 5 heteroatoms. The van der Waals surface area contributed by atoms with E-state index in [1.807, 2.05) is 37.3 Å². The molecule has 0 aliphatic carbocycles. The van der Waals surface area contributed by atoms with Crippen LogP contribution < -0.4 is 4.72 Å². The number of hydrogen-bond donors (Lipinski definition) is 1. The van der Waals surface area contributed by atoms with E-state index >= 15 is 0 Å². The average molecular weight is 441 g/mol. The quantitative estimate of drug-likeness (QED) is 0.453. The van der Waals surface area contributed by atoms with Crippen LogP contribution in [0, 0.1) is 32.6 Å². The van der Waals surface area contributed by atoms with Crippen LogP contribution in [0.25, 0.3) is 10.9 Å². The number of nitrogens with zero attached hydrogens (tertiary/aromatic N) is 1. The molecule has 0 spiro atoms. The lowest BCUT2D eigenvalue weighted by Gasteiger charge is -2.09. The van der Waals surface area contributed by atoms with Crippen LogP contribution in [0.3, 0.4) is 0 Å². The maximum Gasteiger partial charge on any atom is 0.240 e. The highest BCUT2D eigenvalue weighted by Crippen LogP contribution is 2.18. The van der Waals surface area contributed by atoms with Gasteiger partial charge in [-0.25, -0.2) is 13.1 Å². The first-order valence-corrected chi connectivity index (χ1v) is 11.8. The van der Waals surface area contributed by atoms with Crippen molar-refractivity contribution >= 4 is 20.9 Å². The Bertz CT molecular complexity index is 1460. The first-order valence-electron chi connectivity index (χ1n) is 10.4. The minimum atomic E-state index is -3.65. The number of nitrogens with one attached hydrogen (secondary N) is 1. The maximum absolute atomic E-state index is 12.8. The number of sulfonamides is 1. The summed E-state index contributed by atoms with van der Waals surface area (Å²) in [6.45, 7) is 6.40. The van der Waals surface area contributed by atoms with E-state index in [4.69, 9.17) is 0 Å². The van der Waals surface area contributed by atoms with Gasteiger partial charge in [-0.2, -0.15) is 0 Å². The molecule has 0 saturated carbocycles. The van der Waals surface area contributed by atoms with Gasteiger partial charge in [-0.3, -0.25) is 4.98 Å². The summed E-state index contributed by atoms with van der Waals surface area (Å²) in [4.78, 5) is 4.53. The molecule has 0 aliphatic heterocycles. The summed E-state index contributed by atoms with van der Waals surface area (Å²) in [5, 5.41) is 0.935. The lowest BCUT2D eigenvalue weighted by molar-refractivity contribution is 0.581. The third-order valence-corrected chi connectivity index (χ3v) is 6.96. The van der Waals surface area contributed by atoms with E-state index in [1.54, 1.807) is 30.5 Å². The molecular weight excluding hydrogens is 416 g/mol. The number of fused-ring (bicyclic) bond motifs is 1. The van der Waals surface area contributed by atoms with Crippen LogP contribution in [0.15, 0.2) is 77.8 Å². The summed E-state index contributed by atoms with van der Waals surface area (Å²) in [6, 6.07) is 20.4. The van der Waals surface area contributed by atoms with Gasteiger partial charge in [-0.05, 0) is 85.5 Å². The zero-order chi connectivity index (χ0) is 22.7. The standard InChI is InChI=1S/C27H24N2O2S/c1-19-16-21(3)23(17-20(19)2)11-8-22-9-12-25(13-10-22)32(30,31)29-18-24-14-15-28-27-7-5-4-6-26(24)27/h4-7,9-10,12-17,29H,18H2,1-3H3. The highest BCUT2D eigenvalue weighted by molar-refractivity contribution is 7.89. The summed E-state index contributed by atoms with van der Waals surface area (Å²) in [7, 11) is -3.65. The fourth-order valence-electron chi connectivity index (χ4n) is 3.52. The Hall–Kier alpha value is -3.46. The summed E-state index contributed by atoms with van der Waals surface area (Å²) >= 11 is 0. The molecule has 1 aromatic heterocycles. The molecule has 0 unspecified atom stereocenters. The molecule has 3 aromatic carbocycles. The Morgan fingerprint density at radius 3 is 2.34 bits per heavy atom. The van der Waals surface area contributed by atoms with E-state index in [9.17, 15) is 8.42 Å². The maximum atomic E-state index is 12.8. The number of aryl methyl sites for hydroxylation is 3. The third-order valence-electron chi connectivity index (χ3n) is 5.54. The number of benzene rings is 3. The van der Waals surface area contributed by atoms with Crippen LogP contribution in [0.5, 0.6) is 0 Å². The van der Waals surface area contributed by atoms with Crippen LogP contribution in [-0.2, 0) is 16.6 Å². The van der Waals surface area contributed by atoms with Gasteiger partial charge in [-0.1, -0.05) is 36.1 Å². The molecule has 4 nitrogen and oxygen atoms in total. The molecule has 1 heterocycles. The molecule has 0 saturated heterocycles. The fourth-order valence-corrected chi connectivity index (χ4v) is 4.52. The summed E-state index contributed by atoms with van der Waals surface area (Å²) in [6.07, 6.45) is 1.69. The number of hydrogen-bond acceptors (Lipinski definition) is 3. The second-order valence-corrected chi connectivity index (χ2v) is 9.60. The number of pyridine rings is 1. The van der Waals surface area contributed by atoms with Crippen LogP contribution in [0.2, 0.25) is 0 Å². The highest BCUT2D eigenvalue weighted by atomic mass is 32.2. The largest absolute Gasteiger partial charge is 0.256 e. The average Bonchev–Trinajstić information content (AvgIpc) is 2.79. The van der Waals surface area contributed by atoms with Crippen molar-refractivity contribution in [1.29, 1.82) is 0 Å². The van der Waals surface area contributed by atoms with Crippen LogP contribution in [0.4, 0.5) is 0 Å². The first-order chi connectivity index (χ1) is 15.3. The van der Waals surface area contributed by atoms with E-state index in [1.165, 1.54) is 11.1 Å². The minimum Gasteiger partial charge on any atom is -0.256 e. The molecular formula is C27H24N2O2S. The van der Waals surface area contributed by atoms with E-state index in [0.29, 0.717) is 0 Å². The normalized spacial score (nSPS) is 11.2. The second kappa shape index (κ2) is 8.96. The van der Waals surface area contributed by atoms with Crippen molar-refractivity contribution in [2.45, 2.75) is 32.2 Å². The lowest BCUT2D eigenvalue weighted by Crippen LogP contribution is -2.23. The molecule has 4 rings (SSSR count). The predicted octanol–water partition coefficient (Wildman–Crippen LogP) is 5.04. The predicted molar refractivity (Wildman–Crippen MR) is 129 cm³/mol. The smallest absolute Gasteiger partial charge is 0.240 e. The van der Waals surface area contributed by atoms with Gasteiger partial charge < -0.3 is 0 Å². The second-order valence-electron chi connectivity index (χ2n) is 7.84. The topological polar surface area (TPSA) is 59.1 Å². The van der Waals surface area contributed by atoms with Crippen molar-refractivity contribution in [1.82, 2.24) is 9.71 Å². The molecule has 1 N–H and O–H groups in total. The lowest BCUT2D eigenvalue weighted by atomic mass is 10.0. The van der Waals surface area contributed by atoms with Gasteiger partial charge in [-0.15, -0.1) is 0 Å². The Labute approximate surface area is 189 Å². The van der Waals surface area contributed by atoms with E-state index in [-0.39, 0.29) is 11.4 Å². The van der Waals surface area contributed by atoms with Crippen LogP contribution >= 0.6 is 0 Å². The van der Waals surface area contributed by atoms with Crippen molar-refractivity contribution in [2.75, 3.05) is 0 Å². The molecule has 0 fully saturated rings. The minimum absolute atomic E-state index is 0.193. The molecule has 160 valence electrons. The number of rotatable bonds is 4. The van der Waals surface area contributed by atoms with Crippen LogP contribution in [0.1, 0.15) is 33.4 Å². The molecule has 0 amide bonds. The fraction of sp³-hybridized carbons (Fsp3) is 0.148. The van der Waals surface area contributed by atoms with Gasteiger partial charge in [0.05, 0.1) is 10.4 Å². The summed E-state index contributed by atoms with van der Waals surface area (Å²) in [5.41, 5.74) is 7.05. The van der Waals surface area contributed by atoms with E-state index in [2.05, 4.69) is 47.5 Å². The zero-order valence-corrected chi connectivity index (χ0v) is 19.1. The molecule has 0 bridgehead atoms. The molecule has 4 aromatic rings. The molecule has 0 atom stereocenters. The number of para-hydroxylation sites is 1. The van der Waals surface area contributed by atoms with Crippen molar-refractivity contribution in [3.8, 4) is 11.8 Å². The van der Waals surface area contributed by atoms with Gasteiger partial charge >= 0.3 is 0 Å². The number of aromatic nitrogens is 1. The Balaban J connectivity index is 1.51. The third kappa shape index (κ3) is 4.72. The van der Waals surface area contributed by atoms with Crippen molar-refractivity contribution in [3.63, 3.8) is 0 Å². The van der Waals surface area contributed by atoms with Crippen molar-refractivity contribution < 1.29 is 8.42 Å². The van der Waals surface area contributed by atoms with Gasteiger partial charge in [0.15, 0.2) is 0 Å². The molecule has 0 radical (unpaired) electrons. The van der Waals surface area contributed by atoms with Gasteiger partial charge in [0.25, 0.3) is 0 Å². The Morgan fingerprint density at radius 1 is 0.844 bits per heavy atom. The Kier molecular flexibility index (Phi) is 6.09. The van der Waals surface area contributed by atoms with Crippen molar-refractivity contribution in [3.05, 3.63) is 106 Å². The summed E-state index contributed by atoms with van der Waals surface area (Å²) < 4.78 is 28.3. The zero-order valence-electron chi connectivity index (χ0n) is 18.3. The van der Waals surface area contributed by atoms with E-state index in [0.717, 1.165) is 33.2 Å². The highest BCUT2D eigenvalue weighted by Gasteiger charge is 2.14. The monoisotopic (exact) mass is 440 g/mol. The SMILES string of the molecule is Cc1cc(C)c(C#Cc2ccc(S(=O)(=O)NCc3ccnc4ccccc34)cc2)cc1C. The first kappa shape index (κ1) is 21.8. The van der Waals surface area contributed by atoms with Gasteiger partial charge in [0.2, 0.25) is 10.0 Å². The molecule has 32 heavy (non-hydrogen) atoms. The van der Waals surface area contributed by atoms with Gasteiger partial charge in [0, 0.05) is 29.3 Å². The Morgan fingerprint density at radius 2 is 1.56 bits per heavy atom. The van der Waals surface area contributed by atoms with Crippen molar-refractivity contribution in [2.24, 2.45) is 0 Å². The van der Waals surface area contributed by atoms with Crippen LogP contribution in [-0.4, -0.2) is 13.4 Å². The van der Waals surface area contributed by atoms with Gasteiger partial charge in [0.1, 0.15) is 0 Å². The summed E-state index contributed by atoms with van der Waals surface area (Å²) in [5.74, 6) is 6.33.